The van der Waals surface area contributed by atoms with Crippen LogP contribution in [0.4, 0.5) is 20.4 Å². The molecule has 2 aromatic heterocycles. The van der Waals surface area contributed by atoms with E-state index in [1.165, 1.54) is 15.4 Å². The average molecular weight is 600 g/mol. The Hall–Kier alpha value is -5.36. The lowest BCUT2D eigenvalue weighted by Gasteiger charge is -2.11. The summed E-state index contributed by atoms with van der Waals surface area (Å²) in [5.74, 6) is -1.56. The zero-order valence-corrected chi connectivity index (χ0v) is 24.2. The second-order valence-corrected chi connectivity index (χ2v) is 9.99. The summed E-state index contributed by atoms with van der Waals surface area (Å²) in [5.41, 5.74) is 8.20. The summed E-state index contributed by atoms with van der Waals surface area (Å²) in [4.78, 5) is 35.1. The topological polar surface area (TPSA) is 129 Å². The molecule has 0 aliphatic heterocycles. The standard InChI is InChI=1S/C32H31F2N7O3/c1-20-28(31(43)41(40(20)2)19-22-10-11-25(33)26(34)16-22)30(42)36-13-6-7-21-15-23-18-37-32(38-24-8-4-3-5-9-24)39-29(23)27(17-21)44-14-12-35/h3-11,15-18H,12-14,19,35H2,1-2H3,(H,36,42)(H,37,38,39)/b7-6+. The highest BCUT2D eigenvalue weighted by atomic mass is 19.2. The number of para-hydroxylation sites is 1. The summed E-state index contributed by atoms with van der Waals surface area (Å²) >= 11 is 0. The molecule has 5 rings (SSSR count). The fourth-order valence-electron chi connectivity index (χ4n) is 4.67. The lowest BCUT2D eigenvalue weighted by Crippen LogP contribution is -2.31. The van der Waals surface area contributed by atoms with E-state index in [9.17, 15) is 18.4 Å². The van der Waals surface area contributed by atoms with Crippen molar-refractivity contribution in [3.8, 4) is 5.75 Å². The second kappa shape index (κ2) is 13.3. The number of nitrogens with one attached hydrogen (secondary N) is 2. The van der Waals surface area contributed by atoms with Crippen molar-refractivity contribution in [3.63, 3.8) is 0 Å². The number of ether oxygens (including phenoxy) is 1. The number of fused-ring (bicyclic) bond motifs is 1. The molecule has 10 nitrogen and oxygen atoms in total. The van der Waals surface area contributed by atoms with Gasteiger partial charge in [0.1, 0.15) is 23.4 Å². The number of benzene rings is 3. The molecule has 0 aliphatic carbocycles. The van der Waals surface area contributed by atoms with E-state index in [1.54, 1.807) is 26.2 Å². The van der Waals surface area contributed by atoms with Crippen molar-refractivity contribution in [2.45, 2.75) is 13.5 Å². The number of nitrogens with two attached hydrogens (primary N) is 1. The molecule has 0 saturated heterocycles. The van der Waals surface area contributed by atoms with Gasteiger partial charge in [-0.25, -0.2) is 23.4 Å². The second-order valence-electron chi connectivity index (χ2n) is 9.99. The van der Waals surface area contributed by atoms with Crippen molar-refractivity contribution in [1.82, 2.24) is 24.6 Å². The van der Waals surface area contributed by atoms with Gasteiger partial charge in [0.25, 0.3) is 11.5 Å². The zero-order chi connectivity index (χ0) is 31.2. The van der Waals surface area contributed by atoms with Gasteiger partial charge >= 0.3 is 0 Å². The predicted molar refractivity (Wildman–Crippen MR) is 165 cm³/mol. The SMILES string of the molecule is Cc1c(C(=O)NC/C=C/c2cc(OCCN)c3nc(Nc4ccccc4)ncc3c2)c(=O)n(Cc2ccc(F)c(F)c2)n1C. The summed E-state index contributed by atoms with van der Waals surface area (Å²) in [6, 6.07) is 16.7. The van der Waals surface area contributed by atoms with Gasteiger partial charge in [0, 0.05) is 43.1 Å². The third-order valence-corrected chi connectivity index (χ3v) is 6.97. The number of anilines is 2. The van der Waals surface area contributed by atoms with E-state index >= 15 is 0 Å². The first kappa shape index (κ1) is 30.1. The van der Waals surface area contributed by atoms with Crippen LogP contribution in [0.25, 0.3) is 17.0 Å². The Kier molecular flexibility index (Phi) is 9.10. The molecule has 0 bridgehead atoms. The van der Waals surface area contributed by atoms with Gasteiger partial charge in [-0.15, -0.1) is 0 Å². The van der Waals surface area contributed by atoms with Crippen molar-refractivity contribution in [3.05, 3.63) is 117 Å². The molecule has 0 atom stereocenters. The van der Waals surface area contributed by atoms with Gasteiger partial charge in [-0.05, 0) is 54.4 Å². The first-order chi connectivity index (χ1) is 21.2. The van der Waals surface area contributed by atoms with Crippen molar-refractivity contribution < 1.29 is 18.3 Å². The molecule has 0 saturated carbocycles. The van der Waals surface area contributed by atoms with Crippen LogP contribution in [0.2, 0.25) is 0 Å². The lowest BCUT2D eigenvalue weighted by atomic mass is 10.1. The average Bonchev–Trinajstić information content (AvgIpc) is 3.23. The molecule has 226 valence electrons. The van der Waals surface area contributed by atoms with E-state index in [2.05, 4.69) is 20.6 Å². The van der Waals surface area contributed by atoms with Crippen LogP contribution in [-0.4, -0.2) is 44.9 Å². The Balaban J connectivity index is 1.30. The molecule has 0 fully saturated rings. The van der Waals surface area contributed by atoms with E-state index in [4.69, 9.17) is 10.5 Å². The van der Waals surface area contributed by atoms with E-state index in [1.807, 2.05) is 48.5 Å². The number of aromatic nitrogens is 4. The molecule has 44 heavy (non-hydrogen) atoms. The van der Waals surface area contributed by atoms with Crippen LogP contribution in [0, 0.1) is 18.6 Å². The maximum Gasteiger partial charge on any atom is 0.280 e. The highest BCUT2D eigenvalue weighted by Gasteiger charge is 2.21. The molecular weight excluding hydrogens is 568 g/mol. The Morgan fingerprint density at radius 2 is 1.89 bits per heavy atom. The number of hydrogen-bond donors (Lipinski definition) is 3. The van der Waals surface area contributed by atoms with Gasteiger partial charge in [0.05, 0.1) is 6.54 Å². The minimum absolute atomic E-state index is 0.0232. The van der Waals surface area contributed by atoms with Gasteiger partial charge in [-0.1, -0.05) is 36.4 Å². The molecular formula is C32H31F2N7O3. The predicted octanol–water partition coefficient (Wildman–Crippen LogP) is 4.29. The smallest absolute Gasteiger partial charge is 0.280 e. The minimum atomic E-state index is -1.01. The quantitative estimate of drug-likeness (QED) is 0.207. The number of halogens is 2. The maximum atomic E-state index is 13.7. The fraction of sp³-hybridized carbons (Fsp3) is 0.188. The highest BCUT2D eigenvalue weighted by molar-refractivity contribution is 5.95. The van der Waals surface area contributed by atoms with Crippen LogP contribution >= 0.6 is 0 Å². The number of rotatable bonds is 11. The van der Waals surface area contributed by atoms with E-state index in [0.717, 1.165) is 28.8 Å². The van der Waals surface area contributed by atoms with Gasteiger partial charge in [-0.2, -0.15) is 0 Å². The summed E-state index contributed by atoms with van der Waals surface area (Å²) in [6.07, 6.45) is 5.26. The Morgan fingerprint density at radius 3 is 2.64 bits per heavy atom. The summed E-state index contributed by atoms with van der Waals surface area (Å²) < 4.78 is 35.7. The molecule has 4 N–H and O–H groups in total. The van der Waals surface area contributed by atoms with E-state index in [-0.39, 0.29) is 18.7 Å². The van der Waals surface area contributed by atoms with Crippen LogP contribution in [-0.2, 0) is 13.6 Å². The molecule has 12 heteroatoms. The summed E-state index contributed by atoms with van der Waals surface area (Å²) in [7, 11) is 1.63. The van der Waals surface area contributed by atoms with Crippen molar-refractivity contribution in [1.29, 1.82) is 0 Å². The summed E-state index contributed by atoms with van der Waals surface area (Å²) in [6.45, 7) is 2.39. The fourth-order valence-corrected chi connectivity index (χ4v) is 4.67. The largest absolute Gasteiger partial charge is 0.490 e. The van der Waals surface area contributed by atoms with Gasteiger partial charge in [0.2, 0.25) is 5.95 Å². The normalized spacial score (nSPS) is 11.3. The third kappa shape index (κ3) is 6.65. The van der Waals surface area contributed by atoms with Crippen LogP contribution in [0.1, 0.15) is 27.2 Å². The highest BCUT2D eigenvalue weighted by Crippen LogP contribution is 2.28. The van der Waals surface area contributed by atoms with Crippen molar-refractivity contribution in [2.24, 2.45) is 12.8 Å². The monoisotopic (exact) mass is 599 g/mol. The molecule has 0 aliphatic rings. The Labute approximate surface area is 251 Å². The molecule has 2 heterocycles. The molecule has 0 spiro atoms. The lowest BCUT2D eigenvalue weighted by molar-refractivity contribution is 0.0956. The van der Waals surface area contributed by atoms with Gasteiger partial charge in [-0.3, -0.25) is 14.3 Å². The number of carbonyl (C=O) groups is 1. The van der Waals surface area contributed by atoms with Crippen LogP contribution in [0.3, 0.4) is 0 Å². The number of hydrogen-bond acceptors (Lipinski definition) is 7. The minimum Gasteiger partial charge on any atom is -0.490 e. The van der Waals surface area contributed by atoms with Gasteiger partial charge in [0.15, 0.2) is 11.6 Å². The number of nitrogens with zero attached hydrogens (tertiary/aromatic N) is 4. The molecule has 5 aromatic rings. The van der Waals surface area contributed by atoms with Crippen LogP contribution in [0.5, 0.6) is 5.75 Å². The van der Waals surface area contributed by atoms with E-state index in [0.29, 0.717) is 41.6 Å². The number of carbonyl (C=O) groups excluding carboxylic acids is 1. The van der Waals surface area contributed by atoms with Crippen molar-refractivity contribution in [2.75, 3.05) is 25.0 Å². The zero-order valence-electron chi connectivity index (χ0n) is 24.2. The van der Waals surface area contributed by atoms with Gasteiger partial charge < -0.3 is 21.1 Å². The molecule has 0 radical (unpaired) electrons. The summed E-state index contributed by atoms with van der Waals surface area (Å²) in [5, 5.41) is 6.68. The first-order valence-corrected chi connectivity index (χ1v) is 13.9. The number of amides is 1. The third-order valence-electron chi connectivity index (χ3n) is 6.97. The van der Waals surface area contributed by atoms with E-state index < -0.39 is 23.1 Å². The van der Waals surface area contributed by atoms with Crippen LogP contribution < -0.4 is 26.7 Å². The Bertz CT molecular complexity index is 1900. The Morgan fingerprint density at radius 1 is 1.09 bits per heavy atom. The molecule has 0 unspecified atom stereocenters. The van der Waals surface area contributed by atoms with Crippen LogP contribution in [0.15, 0.2) is 77.7 Å². The molecule has 1 amide bonds. The molecule has 3 aromatic carbocycles. The maximum absolute atomic E-state index is 13.7. The van der Waals surface area contributed by atoms with Crippen molar-refractivity contribution >= 4 is 34.5 Å². The first-order valence-electron chi connectivity index (χ1n) is 13.9.